The van der Waals surface area contributed by atoms with E-state index >= 15 is 0 Å². The molecule has 2 aromatic heterocycles. The van der Waals surface area contributed by atoms with Crippen molar-refractivity contribution in [1.29, 1.82) is 0 Å². The van der Waals surface area contributed by atoms with Gasteiger partial charge in [0.05, 0.1) is 12.1 Å². The van der Waals surface area contributed by atoms with E-state index in [1.165, 1.54) is 12.1 Å². The molecule has 0 fully saturated rings. The summed E-state index contributed by atoms with van der Waals surface area (Å²) in [6, 6.07) is 16.1. The first kappa shape index (κ1) is 15.3. The van der Waals surface area contributed by atoms with Crippen LogP contribution in [0.15, 0.2) is 65.3 Å². The van der Waals surface area contributed by atoms with Gasteiger partial charge >= 0.3 is 0 Å². The number of hydrogen-bond donors (Lipinski definition) is 0. The average Bonchev–Trinajstić information content (AvgIpc) is 3.26. The zero-order valence-electron chi connectivity index (χ0n) is 13.6. The normalized spacial score (nSPS) is 11.0. The lowest BCUT2D eigenvalue weighted by atomic mass is 10.1. The molecule has 0 unspecified atom stereocenters. The van der Waals surface area contributed by atoms with Gasteiger partial charge in [0, 0.05) is 24.4 Å². The lowest BCUT2D eigenvalue weighted by Gasteiger charge is -2.03. The first-order chi connectivity index (χ1) is 12.2. The van der Waals surface area contributed by atoms with Crippen molar-refractivity contribution < 1.29 is 8.91 Å². The fraction of sp³-hybridized carbons (Fsp3) is 0.105. The second-order valence-corrected chi connectivity index (χ2v) is 5.74. The number of aryl methyl sites for hydroxylation is 1. The van der Waals surface area contributed by atoms with Gasteiger partial charge in [-0.2, -0.15) is 10.1 Å². The van der Waals surface area contributed by atoms with Crippen LogP contribution in [0.2, 0.25) is 0 Å². The van der Waals surface area contributed by atoms with Crippen LogP contribution in [-0.2, 0) is 13.5 Å². The molecule has 6 heteroatoms. The van der Waals surface area contributed by atoms with Gasteiger partial charge in [-0.15, -0.1) is 0 Å². The van der Waals surface area contributed by atoms with Gasteiger partial charge in [0.2, 0.25) is 11.7 Å². The number of hydrogen-bond acceptors (Lipinski definition) is 4. The van der Waals surface area contributed by atoms with Gasteiger partial charge in [-0.1, -0.05) is 35.5 Å². The van der Waals surface area contributed by atoms with E-state index in [1.54, 1.807) is 18.3 Å². The van der Waals surface area contributed by atoms with E-state index in [9.17, 15) is 4.39 Å². The minimum absolute atomic E-state index is 0.262. The highest BCUT2D eigenvalue weighted by molar-refractivity contribution is 5.67. The molecule has 4 rings (SSSR count). The van der Waals surface area contributed by atoms with E-state index in [2.05, 4.69) is 15.2 Å². The first-order valence-electron chi connectivity index (χ1n) is 7.85. The number of benzene rings is 2. The lowest BCUT2D eigenvalue weighted by molar-refractivity contribution is 0.385. The van der Waals surface area contributed by atoms with Crippen LogP contribution in [-0.4, -0.2) is 19.9 Å². The predicted molar refractivity (Wildman–Crippen MR) is 91.1 cm³/mol. The summed E-state index contributed by atoms with van der Waals surface area (Å²) < 4.78 is 20.1. The standard InChI is InChI=1S/C19H15FN4O/c1-24-17(9-10-21-24)14-3-2-4-15(12-14)19-22-18(25-23-19)11-13-5-7-16(20)8-6-13/h2-10,12H,11H2,1H3. The van der Waals surface area contributed by atoms with Crippen molar-refractivity contribution >= 4 is 0 Å². The van der Waals surface area contributed by atoms with E-state index in [4.69, 9.17) is 4.52 Å². The van der Waals surface area contributed by atoms with Gasteiger partial charge in [-0.05, 0) is 29.8 Å². The van der Waals surface area contributed by atoms with Crippen LogP contribution in [0.3, 0.4) is 0 Å². The van der Waals surface area contributed by atoms with E-state index < -0.39 is 0 Å². The molecule has 4 aromatic rings. The molecule has 0 aliphatic carbocycles. The Labute approximate surface area is 143 Å². The summed E-state index contributed by atoms with van der Waals surface area (Å²) in [5, 5.41) is 8.26. The van der Waals surface area contributed by atoms with Crippen molar-refractivity contribution in [1.82, 2.24) is 19.9 Å². The molecule has 0 aliphatic rings. The Morgan fingerprint density at radius 3 is 2.60 bits per heavy atom. The number of aromatic nitrogens is 4. The molecule has 0 spiro atoms. The van der Waals surface area contributed by atoms with Crippen LogP contribution >= 0.6 is 0 Å². The summed E-state index contributed by atoms with van der Waals surface area (Å²) in [6.45, 7) is 0. The van der Waals surface area contributed by atoms with Gasteiger partial charge < -0.3 is 4.52 Å². The molecular weight excluding hydrogens is 319 g/mol. The maximum atomic E-state index is 13.0. The fourth-order valence-electron chi connectivity index (χ4n) is 2.70. The molecule has 0 atom stereocenters. The zero-order valence-corrected chi connectivity index (χ0v) is 13.6. The fourth-order valence-corrected chi connectivity index (χ4v) is 2.70. The summed E-state index contributed by atoms with van der Waals surface area (Å²) in [5.74, 6) is 0.760. The molecule has 2 heterocycles. The van der Waals surface area contributed by atoms with Crippen LogP contribution in [0.1, 0.15) is 11.5 Å². The number of nitrogens with zero attached hydrogens (tertiary/aromatic N) is 4. The second-order valence-electron chi connectivity index (χ2n) is 5.74. The molecule has 124 valence electrons. The Morgan fingerprint density at radius 1 is 1.04 bits per heavy atom. The molecule has 0 amide bonds. The van der Waals surface area contributed by atoms with Gasteiger partial charge in [0.1, 0.15) is 5.82 Å². The maximum Gasteiger partial charge on any atom is 0.231 e. The van der Waals surface area contributed by atoms with Crippen LogP contribution in [0.5, 0.6) is 0 Å². The molecule has 0 N–H and O–H groups in total. The second kappa shape index (κ2) is 6.32. The van der Waals surface area contributed by atoms with Gasteiger partial charge in [-0.25, -0.2) is 4.39 Å². The van der Waals surface area contributed by atoms with E-state index in [0.29, 0.717) is 18.1 Å². The Bertz CT molecular complexity index is 1000. The predicted octanol–water partition coefficient (Wildman–Crippen LogP) is 3.87. The summed E-state index contributed by atoms with van der Waals surface area (Å²) in [7, 11) is 1.90. The summed E-state index contributed by atoms with van der Waals surface area (Å²) in [6.07, 6.45) is 2.23. The molecule has 0 radical (unpaired) electrons. The minimum atomic E-state index is -0.262. The third-order valence-electron chi connectivity index (χ3n) is 3.97. The topological polar surface area (TPSA) is 56.7 Å². The largest absolute Gasteiger partial charge is 0.339 e. The van der Waals surface area contributed by atoms with E-state index in [-0.39, 0.29) is 5.82 Å². The molecule has 25 heavy (non-hydrogen) atoms. The van der Waals surface area contributed by atoms with Crippen molar-refractivity contribution in [2.24, 2.45) is 7.05 Å². The highest BCUT2D eigenvalue weighted by Gasteiger charge is 2.11. The molecule has 0 bridgehead atoms. The third kappa shape index (κ3) is 3.19. The van der Waals surface area contributed by atoms with Crippen LogP contribution in [0.4, 0.5) is 4.39 Å². The average molecular weight is 334 g/mol. The lowest BCUT2D eigenvalue weighted by Crippen LogP contribution is -1.93. The SMILES string of the molecule is Cn1nccc1-c1cccc(-c2noc(Cc3ccc(F)cc3)n2)c1. The zero-order chi connectivity index (χ0) is 17.2. The Hall–Kier alpha value is -3.28. The van der Waals surface area contributed by atoms with Crippen LogP contribution in [0.25, 0.3) is 22.6 Å². The summed E-state index contributed by atoms with van der Waals surface area (Å²) >= 11 is 0. The Morgan fingerprint density at radius 2 is 1.84 bits per heavy atom. The van der Waals surface area contributed by atoms with Gasteiger partial charge in [-0.3, -0.25) is 4.68 Å². The monoisotopic (exact) mass is 334 g/mol. The molecule has 0 aliphatic heterocycles. The molecular formula is C19H15FN4O. The number of halogens is 1. The summed E-state index contributed by atoms with van der Waals surface area (Å²) in [4.78, 5) is 4.45. The molecule has 2 aromatic carbocycles. The first-order valence-corrected chi connectivity index (χ1v) is 7.85. The van der Waals surface area contributed by atoms with Crippen molar-refractivity contribution in [2.75, 3.05) is 0 Å². The van der Waals surface area contributed by atoms with Crippen LogP contribution < -0.4 is 0 Å². The number of rotatable bonds is 4. The van der Waals surface area contributed by atoms with E-state index in [1.807, 2.05) is 42.1 Å². The van der Waals surface area contributed by atoms with Crippen molar-refractivity contribution in [3.63, 3.8) is 0 Å². The Balaban J connectivity index is 1.60. The van der Waals surface area contributed by atoms with E-state index in [0.717, 1.165) is 22.4 Å². The minimum Gasteiger partial charge on any atom is -0.339 e. The molecule has 0 saturated heterocycles. The highest BCUT2D eigenvalue weighted by Crippen LogP contribution is 2.24. The smallest absolute Gasteiger partial charge is 0.231 e. The van der Waals surface area contributed by atoms with Crippen molar-refractivity contribution in [3.8, 4) is 22.6 Å². The van der Waals surface area contributed by atoms with Crippen LogP contribution in [0, 0.1) is 5.82 Å². The maximum absolute atomic E-state index is 13.0. The quantitative estimate of drug-likeness (QED) is 0.568. The third-order valence-corrected chi connectivity index (χ3v) is 3.97. The van der Waals surface area contributed by atoms with Crippen molar-refractivity contribution in [3.05, 3.63) is 78.1 Å². The van der Waals surface area contributed by atoms with Gasteiger partial charge in [0.15, 0.2) is 0 Å². The Kier molecular flexibility index (Phi) is 3.85. The summed E-state index contributed by atoms with van der Waals surface area (Å²) in [5.41, 5.74) is 3.83. The highest BCUT2D eigenvalue weighted by atomic mass is 19.1. The van der Waals surface area contributed by atoms with Crippen molar-refractivity contribution in [2.45, 2.75) is 6.42 Å². The molecule has 0 saturated carbocycles. The van der Waals surface area contributed by atoms with Gasteiger partial charge in [0.25, 0.3) is 0 Å². The molecule has 5 nitrogen and oxygen atoms in total.